The summed E-state index contributed by atoms with van der Waals surface area (Å²) in [5, 5.41) is 0. The first-order valence-corrected chi connectivity index (χ1v) is 11.1. The van der Waals surface area contributed by atoms with Gasteiger partial charge in [-0.25, -0.2) is 0 Å². The molecule has 0 atom stereocenters. The summed E-state index contributed by atoms with van der Waals surface area (Å²) in [5.41, 5.74) is 4.41. The van der Waals surface area contributed by atoms with Crippen molar-refractivity contribution < 1.29 is 9.53 Å². The van der Waals surface area contributed by atoms with E-state index in [0.29, 0.717) is 5.75 Å². The molecule has 27 heavy (non-hydrogen) atoms. The summed E-state index contributed by atoms with van der Waals surface area (Å²) in [4.78, 5) is 11.8. The summed E-state index contributed by atoms with van der Waals surface area (Å²) < 4.78 is 10.3. The van der Waals surface area contributed by atoms with Gasteiger partial charge in [-0.05, 0) is 0 Å². The number of aromatic nitrogens is 1. The number of ether oxygens (including phenoxy) is 1. The van der Waals surface area contributed by atoms with Crippen molar-refractivity contribution in [1.29, 1.82) is 0 Å². The Hall–Kier alpha value is -2.54. The number of fused-ring (bicyclic) bond motifs is 1. The van der Waals surface area contributed by atoms with Crippen LogP contribution in [0.3, 0.4) is 0 Å². The molecule has 0 bridgehead atoms. The summed E-state index contributed by atoms with van der Waals surface area (Å²) in [7, 11) is 0. The van der Waals surface area contributed by atoms with Crippen molar-refractivity contribution in [2.24, 2.45) is 0 Å². The summed E-state index contributed by atoms with van der Waals surface area (Å²) in [6, 6.07) is 25.0. The molecule has 0 fully saturated rings. The third-order valence-corrected chi connectivity index (χ3v) is 7.40. The van der Waals surface area contributed by atoms with Gasteiger partial charge in [0.15, 0.2) is 0 Å². The van der Waals surface area contributed by atoms with Crippen molar-refractivity contribution in [3.63, 3.8) is 0 Å². The van der Waals surface area contributed by atoms with Crippen LogP contribution < -0.4 is 12.0 Å². The van der Waals surface area contributed by atoms with Gasteiger partial charge in [-0.3, -0.25) is 0 Å². The van der Waals surface area contributed by atoms with E-state index in [-0.39, 0.29) is 5.97 Å². The quantitative estimate of drug-likeness (QED) is 0.339. The SMILES string of the molecule is CC(=O)Oc1c([Te]c2ccccc2)c(-c2ccc(C)cc2)n2ccccc12. The molecule has 4 rings (SSSR count). The van der Waals surface area contributed by atoms with Crippen LogP contribution in [0.5, 0.6) is 5.75 Å². The molecule has 0 unspecified atom stereocenters. The van der Waals surface area contributed by atoms with E-state index in [9.17, 15) is 4.79 Å². The zero-order chi connectivity index (χ0) is 18.8. The Labute approximate surface area is 168 Å². The zero-order valence-corrected chi connectivity index (χ0v) is 17.5. The second kappa shape index (κ2) is 7.60. The first-order valence-electron chi connectivity index (χ1n) is 8.75. The molecule has 4 aromatic rings. The number of esters is 1. The number of nitrogens with zero attached hydrogens (tertiary/aromatic N) is 1. The average molecular weight is 469 g/mol. The Morgan fingerprint density at radius 2 is 1.63 bits per heavy atom. The van der Waals surface area contributed by atoms with Gasteiger partial charge in [0, 0.05) is 0 Å². The van der Waals surface area contributed by atoms with Gasteiger partial charge in [-0.2, -0.15) is 0 Å². The number of hydrogen-bond acceptors (Lipinski definition) is 2. The minimum absolute atomic E-state index is 0.288. The van der Waals surface area contributed by atoms with Crippen molar-refractivity contribution in [3.8, 4) is 17.0 Å². The van der Waals surface area contributed by atoms with Crippen LogP contribution in [-0.2, 0) is 4.79 Å². The molecule has 0 aliphatic rings. The Bertz CT molecular complexity index is 1100. The zero-order valence-electron chi connectivity index (χ0n) is 15.2. The van der Waals surface area contributed by atoms with Gasteiger partial charge in [0.25, 0.3) is 0 Å². The van der Waals surface area contributed by atoms with Crippen LogP contribution in [0.1, 0.15) is 12.5 Å². The van der Waals surface area contributed by atoms with Crippen LogP contribution >= 0.6 is 0 Å². The molecule has 2 heterocycles. The number of pyridine rings is 1. The Kier molecular flexibility index (Phi) is 5.03. The molecule has 0 spiro atoms. The molecule has 0 aliphatic carbocycles. The summed E-state index contributed by atoms with van der Waals surface area (Å²) in [6.45, 7) is 3.55. The van der Waals surface area contributed by atoms with E-state index in [4.69, 9.17) is 4.74 Å². The molecule has 134 valence electrons. The molecule has 0 saturated heterocycles. The van der Waals surface area contributed by atoms with E-state index in [0.717, 1.165) is 20.4 Å². The summed E-state index contributed by atoms with van der Waals surface area (Å²) >= 11 is -0.747. The predicted molar refractivity (Wildman–Crippen MR) is 110 cm³/mol. The maximum absolute atomic E-state index is 11.8. The molecule has 4 heteroatoms. The van der Waals surface area contributed by atoms with Crippen LogP contribution in [0.4, 0.5) is 0 Å². The van der Waals surface area contributed by atoms with Crippen LogP contribution in [0.25, 0.3) is 16.8 Å². The topological polar surface area (TPSA) is 30.7 Å². The second-order valence-corrected chi connectivity index (χ2v) is 9.43. The van der Waals surface area contributed by atoms with E-state index in [1.165, 1.54) is 16.1 Å². The molecule has 3 nitrogen and oxygen atoms in total. The van der Waals surface area contributed by atoms with Crippen LogP contribution in [0, 0.1) is 6.92 Å². The van der Waals surface area contributed by atoms with E-state index in [1.54, 1.807) is 0 Å². The number of carbonyl (C=O) groups excluding carboxylic acids is 1. The van der Waals surface area contributed by atoms with Crippen LogP contribution in [0.2, 0.25) is 0 Å². The molecule has 2 aromatic heterocycles. The number of hydrogen-bond donors (Lipinski definition) is 0. The number of benzene rings is 2. The third kappa shape index (κ3) is 3.64. The molecule has 2 aromatic carbocycles. The fourth-order valence-corrected chi connectivity index (χ4v) is 6.17. The molecule has 0 radical (unpaired) electrons. The summed E-state index contributed by atoms with van der Waals surface area (Å²) in [5.74, 6) is 0.411. The normalized spacial score (nSPS) is 10.9. The average Bonchev–Trinajstić information content (AvgIpc) is 2.96. The monoisotopic (exact) mass is 471 g/mol. The minimum atomic E-state index is -0.747. The van der Waals surface area contributed by atoms with E-state index < -0.39 is 20.9 Å². The molecular weight excluding hydrogens is 450 g/mol. The number of rotatable bonds is 4. The van der Waals surface area contributed by atoms with Gasteiger partial charge in [-0.1, -0.05) is 0 Å². The standard InChI is InChI=1S/C23H19NO2Te/c1-16-11-13-18(14-12-16)21-23(27-19-8-4-3-5-9-19)22(26-17(2)25)20-10-6-7-15-24(20)21/h3-15H,1-2H3. The molecule has 0 saturated carbocycles. The van der Waals surface area contributed by atoms with Crippen molar-refractivity contribution in [1.82, 2.24) is 4.40 Å². The fourth-order valence-electron chi connectivity index (χ4n) is 3.08. The third-order valence-electron chi connectivity index (χ3n) is 4.29. The van der Waals surface area contributed by atoms with Crippen LogP contribution in [-0.4, -0.2) is 31.3 Å². The van der Waals surface area contributed by atoms with Gasteiger partial charge in [0.05, 0.1) is 0 Å². The van der Waals surface area contributed by atoms with Gasteiger partial charge in [0.2, 0.25) is 0 Å². The molecule has 0 amide bonds. The van der Waals surface area contributed by atoms with Crippen LogP contribution in [0.15, 0.2) is 79.0 Å². The van der Waals surface area contributed by atoms with Crippen molar-refractivity contribution in [2.45, 2.75) is 13.8 Å². The maximum atomic E-state index is 11.8. The van der Waals surface area contributed by atoms with Crippen molar-refractivity contribution in [2.75, 3.05) is 0 Å². The van der Waals surface area contributed by atoms with Gasteiger partial charge in [0.1, 0.15) is 0 Å². The molecule has 0 aliphatic heterocycles. The van der Waals surface area contributed by atoms with E-state index in [2.05, 4.69) is 59.9 Å². The van der Waals surface area contributed by atoms with Gasteiger partial charge < -0.3 is 0 Å². The summed E-state index contributed by atoms with van der Waals surface area (Å²) in [6.07, 6.45) is 2.04. The number of carbonyl (C=O) groups is 1. The Morgan fingerprint density at radius 3 is 2.33 bits per heavy atom. The van der Waals surface area contributed by atoms with Crippen molar-refractivity contribution in [3.05, 3.63) is 84.6 Å². The molecular formula is C23H19NO2Te. The van der Waals surface area contributed by atoms with E-state index in [1.807, 2.05) is 30.5 Å². The Morgan fingerprint density at radius 1 is 0.926 bits per heavy atom. The first-order chi connectivity index (χ1) is 13.1. The Balaban J connectivity index is 1.99. The fraction of sp³-hybridized carbons (Fsp3) is 0.0870. The second-order valence-electron chi connectivity index (χ2n) is 6.34. The van der Waals surface area contributed by atoms with Crippen molar-refractivity contribution >= 4 is 39.6 Å². The first kappa shape index (κ1) is 17.9. The van der Waals surface area contributed by atoms with Gasteiger partial charge >= 0.3 is 169 Å². The van der Waals surface area contributed by atoms with Gasteiger partial charge in [-0.15, -0.1) is 0 Å². The predicted octanol–water partition coefficient (Wildman–Crippen LogP) is 3.50. The number of aryl methyl sites for hydroxylation is 1. The molecule has 0 N–H and O–H groups in total. The van der Waals surface area contributed by atoms with E-state index >= 15 is 0 Å².